The van der Waals surface area contributed by atoms with Crippen molar-refractivity contribution in [1.82, 2.24) is 19.3 Å². The van der Waals surface area contributed by atoms with E-state index in [0.717, 1.165) is 0 Å². The van der Waals surface area contributed by atoms with Crippen molar-refractivity contribution in [3.05, 3.63) is 57.3 Å². The average molecular weight is 439 g/mol. The van der Waals surface area contributed by atoms with Crippen LogP contribution in [0.5, 0.6) is 0 Å². The van der Waals surface area contributed by atoms with Gasteiger partial charge in [-0.25, -0.2) is 4.98 Å². The maximum Gasteiger partial charge on any atom is 0.349 e. The molecule has 146 valence electrons. The van der Waals surface area contributed by atoms with Gasteiger partial charge in [0.15, 0.2) is 0 Å². The predicted molar refractivity (Wildman–Crippen MR) is 111 cm³/mol. The van der Waals surface area contributed by atoms with Gasteiger partial charge in [-0.1, -0.05) is 29.1 Å². The molecule has 0 radical (unpaired) electrons. The van der Waals surface area contributed by atoms with Crippen molar-refractivity contribution in [2.75, 3.05) is 4.72 Å². The zero-order valence-electron chi connectivity index (χ0n) is 15.6. The van der Waals surface area contributed by atoms with E-state index in [4.69, 9.17) is 23.2 Å². The van der Waals surface area contributed by atoms with Gasteiger partial charge in [0.05, 0.1) is 23.9 Å². The van der Waals surface area contributed by atoms with E-state index in [9.17, 15) is 8.76 Å². The summed E-state index contributed by atoms with van der Waals surface area (Å²) in [5.41, 5.74) is 3.00. The Kier molecular flexibility index (Phi) is 5.55. The molecule has 0 saturated carbocycles. The van der Waals surface area contributed by atoms with Crippen molar-refractivity contribution in [3.63, 3.8) is 0 Å². The van der Waals surface area contributed by atoms with Gasteiger partial charge in [-0.15, -0.1) is 0 Å². The van der Waals surface area contributed by atoms with Crippen molar-refractivity contribution < 1.29 is 8.76 Å². The van der Waals surface area contributed by atoms with Crippen molar-refractivity contribution in [1.29, 1.82) is 0 Å². The number of hydrogen-bond acceptors (Lipinski definition) is 3. The van der Waals surface area contributed by atoms with Crippen LogP contribution in [0.4, 0.5) is 5.69 Å². The highest BCUT2D eigenvalue weighted by Gasteiger charge is 2.37. The van der Waals surface area contributed by atoms with Gasteiger partial charge in [0.25, 0.3) is 4.90 Å². The predicted octanol–water partition coefficient (Wildman–Crippen LogP) is 3.84. The Bertz CT molecular complexity index is 1150. The van der Waals surface area contributed by atoms with Crippen LogP contribution in [-0.2, 0) is 28.7 Å². The summed E-state index contributed by atoms with van der Waals surface area (Å²) >= 11 is 12.6. The second-order valence-corrected chi connectivity index (χ2v) is 8.68. The fourth-order valence-electron chi connectivity index (χ4n) is 2.62. The lowest BCUT2D eigenvalue weighted by molar-refractivity contribution is 0.503. The Labute approximate surface area is 174 Å². The summed E-state index contributed by atoms with van der Waals surface area (Å²) in [7, 11) is -0.187. The molecule has 0 spiro atoms. The van der Waals surface area contributed by atoms with Gasteiger partial charge in [-0.05, 0) is 36.1 Å². The standard InChI is InChI=1S/C18H17Cl2N5O2S/c1-11-17(12(2)25(4)22-11)23-28(26,27)18-15(19)7-13(8-16(18)20)5-6-14-9-21-10-24(14)3/h7-10H,1-4H3,(H-,23,26,27)/p+1. The molecule has 2 heterocycles. The topological polar surface area (TPSA) is 85.0 Å². The smallest absolute Gasteiger partial charge is 0.327 e. The molecule has 3 aromatic rings. The average Bonchev–Trinajstić information content (AvgIpc) is 3.10. The molecular weight excluding hydrogens is 421 g/mol. The van der Waals surface area contributed by atoms with Crippen molar-refractivity contribution >= 4 is 39.3 Å². The van der Waals surface area contributed by atoms with Gasteiger partial charge < -0.3 is 4.57 Å². The van der Waals surface area contributed by atoms with Gasteiger partial charge in [-0.2, -0.15) is 14.4 Å². The summed E-state index contributed by atoms with van der Waals surface area (Å²) in [4.78, 5) is 3.90. The van der Waals surface area contributed by atoms with Crippen molar-refractivity contribution in [2.45, 2.75) is 18.7 Å². The third kappa shape index (κ3) is 3.93. The largest absolute Gasteiger partial charge is 0.349 e. The Morgan fingerprint density at radius 1 is 1.18 bits per heavy atom. The monoisotopic (exact) mass is 438 g/mol. The number of rotatable bonds is 3. The highest BCUT2D eigenvalue weighted by Crippen LogP contribution is 2.35. The van der Waals surface area contributed by atoms with Crippen LogP contribution in [0, 0.1) is 25.7 Å². The number of benzene rings is 1. The lowest BCUT2D eigenvalue weighted by Gasteiger charge is -2.10. The number of nitrogens with one attached hydrogen (secondary N) is 1. The lowest BCUT2D eigenvalue weighted by Crippen LogP contribution is -2.22. The Morgan fingerprint density at radius 3 is 2.32 bits per heavy atom. The summed E-state index contributed by atoms with van der Waals surface area (Å²) in [6.07, 6.45) is 3.27. The number of nitrogens with zero attached hydrogens (tertiary/aromatic N) is 4. The molecule has 10 heteroatoms. The van der Waals surface area contributed by atoms with Crippen LogP contribution in [0.3, 0.4) is 0 Å². The molecular formula is C18H18Cl2N5O2S+. The van der Waals surface area contributed by atoms with Crippen LogP contribution in [0.25, 0.3) is 0 Å². The fourth-order valence-corrected chi connectivity index (χ4v) is 5.06. The summed E-state index contributed by atoms with van der Waals surface area (Å²) in [5.74, 6) is 5.88. The van der Waals surface area contributed by atoms with Gasteiger partial charge in [0.2, 0.25) is 0 Å². The molecule has 0 aliphatic heterocycles. The number of aromatic nitrogens is 4. The van der Waals surface area contributed by atoms with E-state index in [1.54, 1.807) is 42.7 Å². The zero-order chi connectivity index (χ0) is 20.6. The van der Waals surface area contributed by atoms with Crippen LogP contribution in [0.1, 0.15) is 22.6 Å². The second kappa shape index (κ2) is 7.60. The summed E-state index contributed by atoms with van der Waals surface area (Å²) in [5, 5.41) is 4.31. The van der Waals surface area contributed by atoms with E-state index >= 15 is 0 Å². The van der Waals surface area contributed by atoms with Crippen LogP contribution in [0.2, 0.25) is 10.0 Å². The minimum Gasteiger partial charge on any atom is -0.327 e. The number of aryl methyl sites for hydroxylation is 3. The normalized spacial score (nSPS) is 13.0. The number of halogens is 2. The molecule has 7 nitrogen and oxygen atoms in total. The van der Waals surface area contributed by atoms with E-state index in [1.165, 1.54) is 12.1 Å². The van der Waals surface area contributed by atoms with Crippen LogP contribution in [-0.4, -0.2) is 23.9 Å². The number of hydrogen-bond donors (Lipinski definition) is 2. The first-order valence-electron chi connectivity index (χ1n) is 8.12. The summed E-state index contributed by atoms with van der Waals surface area (Å²) < 4.78 is 29.7. The Hall–Kier alpha value is -2.31. The first-order valence-corrected chi connectivity index (χ1v) is 10.4. The van der Waals surface area contributed by atoms with E-state index < -0.39 is 10.4 Å². The maximum atomic E-state index is 13.0. The molecule has 0 saturated heterocycles. The summed E-state index contributed by atoms with van der Waals surface area (Å²) in [6.45, 7) is 3.53. The molecule has 0 amide bonds. The molecule has 1 unspecified atom stereocenters. The molecule has 2 aromatic heterocycles. The van der Waals surface area contributed by atoms with Crippen LogP contribution >= 0.6 is 23.2 Å². The van der Waals surface area contributed by atoms with E-state index in [2.05, 4.69) is 26.6 Å². The highest BCUT2D eigenvalue weighted by atomic mass is 35.5. The van der Waals surface area contributed by atoms with Crippen LogP contribution in [0.15, 0.2) is 29.6 Å². The highest BCUT2D eigenvalue weighted by molar-refractivity contribution is 7.99. The third-order valence-electron chi connectivity index (χ3n) is 4.18. The SMILES string of the molecule is Cc1nn(C)c(C)c1N[S+](=O)(O)c1c(Cl)cc(C#Cc2cncn2C)cc1Cl. The molecule has 1 atom stereocenters. The van der Waals surface area contributed by atoms with E-state index in [-0.39, 0.29) is 14.9 Å². The zero-order valence-corrected chi connectivity index (χ0v) is 17.9. The second-order valence-electron chi connectivity index (χ2n) is 6.21. The minimum absolute atomic E-state index is 0.0426. The molecule has 0 aliphatic carbocycles. The number of anilines is 1. The first-order chi connectivity index (χ1) is 13.1. The Balaban J connectivity index is 1.97. The third-order valence-corrected chi connectivity index (χ3v) is 6.47. The van der Waals surface area contributed by atoms with Crippen molar-refractivity contribution in [2.24, 2.45) is 14.1 Å². The molecule has 2 N–H and O–H groups in total. The molecule has 28 heavy (non-hydrogen) atoms. The lowest BCUT2D eigenvalue weighted by atomic mass is 10.2. The first kappa shape index (κ1) is 20.4. The van der Waals surface area contributed by atoms with Crippen molar-refractivity contribution in [3.8, 4) is 11.8 Å². The molecule has 0 fully saturated rings. The van der Waals surface area contributed by atoms with Crippen LogP contribution < -0.4 is 4.72 Å². The number of imidazole rings is 1. The molecule has 0 aliphatic rings. The fraction of sp³-hybridized carbons (Fsp3) is 0.222. The van der Waals surface area contributed by atoms with Gasteiger partial charge in [-0.3, -0.25) is 4.68 Å². The maximum absolute atomic E-state index is 13.0. The van der Waals surface area contributed by atoms with E-state index in [1.807, 2.05) is 7.05 Å². The minimum atomic E-state index is -3.77. The quantitative estimate of drug-likeness (QED) is 0.480. The Morgan fingerprint density at radius 2 is 1.82 bits per heavy atom. The molecule has 1 aromatic carbocycles. The van der Waals surface area contributed by atoms with Gasteiger partial charge >= 0.3 is 10.4 Å². The van der Waals surface area contributed by atoms with E-state index in [0.29, 0.717) is 28.3 Å². The van der Waals surface area contributed by atoms with Gasteiger partial charge in [0, 0.05) is 19.7 Å². The molecule has 3 rings (SSSR count). The summed E-state index contributed by atoms with van der Waals surface area (Å²) in [6, 6.07) is 3.01. The van der Waals surface area contributed by atoms with Gasteiger partial charge in [0.1, 0.15) is 21.4 Å². The molecule has 0 bridgehead atoms.